The first-order valence-corrected chi connectivity index (χ1v) is 9.65. The predicted molar refractivity (Wildman–Crippen MR) is 93.8 cm³/mol. The zero-order chi connectivity index (χ0) is 17.6. The second-order valence-electron chi connectivity index (χ2n) is 6.96. The van der Waals surface area contributed by atoms with Crippen molar-refractivity contribution in [2.24, 2.45) is 5.92 Å². The minimum Gasteiger partial charge on any atom is -0.480 e. The highest BCUT2D eigenvalue weighted by Crippen LogP contribution is 2.41. The summed E-state index contributed by atoms with van der Waals surface area (Å²) in [6.45, 7) is 0. The van der Waals surface area contributed by atoms with Crippen LogP contribution in [-0.2, 0) is 9.59 Å². The van der Waals surface area contributed by atoms with Gasteiger partial charge < -0.3 is 15.3 Å². The van der Waals surface area contributed by atoms with Crippen LogP contribution in [0.1, 0.15) is 42.5 Å². The summed E-state index contributed by atoms with van der Waals surface area (Å²) in [6.07, 6.45) is 4.56. The molecule has 2 aliphatic heterocycles. The molecule has 1 saturated heterocycles. The Bertz CT molecular complexity index is 751. The molecule has 2 heterocycles. The summed E-state index contributed by atoms with van der Waals surface area (Å²) in [5, 5.41) is 12.4. The van der Waals surface area contributed by atoms with Crippen LogP contribution in [0, 0.1) is 5.92 Å². The molecule has 1 aromatic carbocycles. The number of hydrogen-bond donors (Lipinski definition) is 2. The monoisotopic (exact) mass is 360 g/mol. The summed E-state index contributed by atoms with van der Waals surface area (Å²) < 4.78 is 0. The highest BCUT2D eigenvalue weighted by atomic mass is 32.2. The number of nitrogens with one attached hydrogen (secondary N) is 1. The van der Waals surface area contributed by atoms with E-state index in [1.54, 1.807) is 17.0 Å². The molecule has 0 bridgehead atoms. The molecule has 2 N–H and O–H groups in total. The second-order valence-corrected chi connectivity index (χ2v) is 7.98. The number of carboxylic acid groups (broad SMARTS) is 1. The van der Waals surface area contributed by atoms with Gasteiger partial charge in [-0.2, -0.15) is 0 Å². The summed E-state index contributed by atoms with van der Waals surface area (Å²) in [4.78, 5) is 38.9. The third-order valence-corrected chi connectivity index (χ3v) is 6.54. The number of likely N-dealkylation sites (tertiary alicyclic amines) is 1. The SMILES string of the molecule is O=C1CSc2ccc(C(=O)N3[C@@H]4CCCC[C@@H]4C[C@H]3C(=O)O)cc2N1. The van der Waals surface area contributed by atoms with Crippen molar-refractivity contribution in [3.8, 4) is 0 Å². The minimum atomic E-state index is -0.926. The van der Waals surface area contributed by atoms with Crippen molar-refractivity contribution in [3.63, 3.8) is 0 Å². The van der Waals surface area contributed by atoms with E-state index >= 15 is 0 Å². The summed E-state index contributed by atoms with van der Waals surface area (Å²) in [7, 11) is 0. The van der Waals surface area contributed by atoms with Gasteiger partial charge in [-0.05, 0) is 43.4 Å². The standard InChI is InChI=1S/C18H20N2O4S/c21-16-9-25-15-6-5-11(7-12(15)19-16)17(22)20-13-4-2-1-3-10(13)8-14(20)18(23)24/h5-7,10,13-14H,1-4,8-9H2,(H,19,21)(H,23,24)/t10-,13-,14+/m1/s1. The Hall–Kier alpha value is -2.02. The average molecular weight is 360 g/mol. The van der Waals surface area contributed by atoms with Crippen molar-refractivity contribution < 1.29 is 19.5 Å². The molecule has 3 atom stereocenters. The number of carbonyl (C=O) groups excluding carboxylic acids is 2. The van der Waals surface area contributed by atoms with Crippen molar-refractivity contribution in [1.82, 2.24) is 4.90 Å². The van der Waals surface area contributed by atoms with E-state index in [1.807, 2.05) is 6.07 Å². The molecule has 7 heteroatoms. The zero-order valence-corrected chi connectivity index (χ0v) is 14.6. The normalized spacial score (nSPS) is 28.1. The number of thioether (sulfide) groups is 1. The van der Waals surface area contributed by atoms with E-state index in [-0.39, 0.29) is 23.8 Å². The first-order valence-electron chi connectivity index (χ1n) is 8.67. The lowest BCUT2D eigenvalue weighted by atomic mass is 9.84. The molecule has 0 unspecified atom stereocenters. The van der Waals surface area contributed by atoms with Crippen molar-refractivity contribution in [3.05, 3.63) is 23.8 Å². The van der Waals surface area contributed by atoms with Crippen molar-refractivity contribution in [2.75, 3.05) is 11.1 Å². The van der Waals surface area contributed by atoms with E-state index < -0.39 is 12.0 Å². The zero-order valence-electron chi connectivity index (χ0n) is 13.7. The highest BCUT2D eigenvalue weighted by Gasteiger charge is 2.47. The minimum absolute atomic E-state index is 0.0161. The number of hydrogen-bond acceptors (Lipinski definition) is 4. The Labute approximate surface area is 150 Å². The molecule has 1 saturated carbocycles. The van der Waals surface area contributed by atoms with Crippen molar-refractivity contribution >= 4 is 35.2 Å². The van der Waals surface area contributed by atoms with Gasteiger partial charge in [-0.1, -0.05) is 12.8 Å². The molecule has 6 nitrogen and oxygen atoms in total. The Kier molecular flexibility index (Phi) is 4.19. The molecule has 1 aliphatic carbocycles. The van der Waals surface area contributed by atoms with Crippen LogP contribution < -0.4 is 5.32 Å². The molecule has 3 aliphatic rings. The fourth-order valence-electron chi connectivity index (χ4n) is 4.34. The van der Waals surface area contributed by atoms with Crippen molar-refractivity contribution in [1.29, 1.82) is 0 Å². The van der Waals surface area contributed by atoms with Crippen LogP contribution in [-0.4, -0.2) is 45.6 Å². The molecule has 0 radical (unpaired) electrons. The van der Waals surface area contributed by atoms with Gasteiger partial charge in [-0.3, -0.25) is 9.59 Å². The van der Waals surface area contributed by atoms with Gasteiger partial charge in [0.05, 0.1) is 11.4 Å². The lowest BCUT2D eigenvalue weighted by molar-refractivity contribution is -0.141. The van der Waals surface area contributed by atoms with Crippen LogP contribution in [0.5, 0.6) is 0 Å². The maximum atomic E-state index is 13.1. The molecule has 0 aromatic heterocycles. The van der Waals surface area contributed by atoms with Crippen LogP contribution in [0.3, 0.4) is 0 Å². The molecule has 2 amide bonds. The van der Waals surface area contributed by atoms with Crippen LogP contribution in [0.4, 0.5) is 5.69 Å². The van der Waals surface area contributed by atoms with Gasteiger partial charge in [-0.15, -0.1) is 11.8 Å². The lowest BCUT2D eigenvalue weighted by Gasteiger charge is -2.33. The molecular weight excluding hydrogens is 340 g/mol. The maximum Gasteiger partial charge on any atom is 0.326 e. The highest BCUT2D eigenvalue weighted by molar-refractivity contribution is 8.00. The van der Waals surface area contributed by atoms with Gasteiger partial charge in [-0.25, -0.2) is 4.79 Å². The number of nitrogens with zero attached hydrogens (tertiary/aromatic N) is 1. The molecule has 132 valence electrons. The van der Waals surface area contributed by atoms with Gasteiger partial charge in [0.15, 0.2) is 0 Å². The van der Waals surface area contributed by atoms with Gasteiger partial charge in [0, 0.05) is 16.5 Å². The number of anilines is 1. The third kappa shape index (κ3) is 2.90. The van der Waals surface area contributed by atoms with E-state index in [1.165, 1.54) is 11.8 Å². The second kappa shape index (κ2) is 6.37. The number of fused-ring (bicyclic) bond motifs is 2. The van der Waals surface area contributed by atoms with Gasteiger partial charge in [0.25, 0.3) is 5.91 Å². The summed E-state index contributed by atoms with van der Waals surface area (Å²) in [5.74, 6) is -0.596. The molecule has 0 spiro atoms. The Morgan fingerprint density at radius 3 is 2.84 bits per heavy atom. The first kappa shape index (κ1) is 16.4. The summed E-state index contributed by atoms with van der Waals surface area (Å²) in [6, 6.07) is 4.51. The molecule has 2 fully saturated rings. The van der Waals surface area contributed by atoms with E-state index in [9.17, 15) is 19.5 Å². The Morgan fingerprint density at radius 2 is 2.04 bits per heavy atom. The number of aliphatic carboxylic acids is 1. The molecule has 1 aromatic rings. The van der Waals surface area contributed by atoms with Crippen molar-refractivity contribution in [2.45, 2.75) is 49.1 Å². The fourth-order valence-corrected chi connectivity index (χ4v) is 5.13. The maximum absolute atomic E-state index is 13.1. The van der Waals surface area contributed by atoms with E-state index in [2.05, 4.69) is 5.32 Å². The van der Waals surface area contributed by atoms with Gasteiger partial charge in [0.1, 0.15) is 6.04 Å². The third-order valence-electron chi connectivity index (χ3n) is 5.47. The molecular formula is C18H20N2O4S. The van der Waals surface area contributed by atoms with Gasteiger partial charge >= 0.3 is 5.97 Å². The number of amides is 2. The molecule has 25 heavy (non-hydrogen) atoms. The van der Waals surface area contributed by atoms with Crippen LogP contribution in [0.2, 0.25) is 0 Å². The Balaban J connectivity index is 1.65. The van der Waals surface area contributed by atoms with Gasteiger partial charge in [0.2, 0.25) is 5.91 Å². The largest absolute Gasteiger partial charge is 0.480 e. The Morgan fingerprint density at radius 1 is 1.24 bits per heavy atom. The van der Waals surface area contributed by atoms with Crippen LogP contribution >= 0.6 is 11.8 Å². The van der Waals surface area contributed by atoms with Crippen LogP contribution in [0.15, 0.2) is 23.1 Å². The summed E-state index contributed by atoms with van der Waals surface area (Å²) >= 11 is 1.44. The smallest absolute Gasteiger partial charge is 0.326 e. The van der Waals surface area contributed by atoms with Crippen LogP contribution in [0.25, 0.3) is 0 Å². The van der Waals surface area contributed by atoms with E-state index in [0.717, 1.165) is 30.6 Å². The fraction of sp³-hybridized carbons (Fsp3) is 0.500. The predicted octanol–water partition coefficient (Wildman–Crippen LogP) is 2.59. The number of rotatable bonds is 2. The number of benzene rings is 1. The van der Waals surface area contributed by atoms with E-state index in [0.29, 0.717) is 23.4 Å². The summed E-state index contributed by atoms with van der Waals surface area (Å²) in [5.41, 5.74) is 1.08. The number of carboxylic acids is 1. The quantitative estimate of drug-likeness (QED) is 0.846. The molecule has 4 rings (SSSR count). The lowest BCUT2D eigenvalue weighted by Crippen LogP contribution is -2.46. The van der Waals surface area contributed by atoms with E-state index in [4.69, 9.17) is 0 Å². The first-order chi connectivity index (χ1) is 12.0. The average Bonchev–Trinajstić information content (AvgIpc) is 3.00. The topological polar surface area (TPSA) is 86.7 Å². The number of carbonyl (C=O) groups is 3.